The molecule has 0 amide bonds. The van der Waals surface area contributed by atoms with Crippen molar-refractivity contribution in [2.45, 2.75) is 0 Å². The molecule has 0 saturated carbocycles. The third kappa shape index (κ3) is 3.42. The van der Waals surface area contributed by atoms with Gasteiger partial charge in [-0.1, -0.05) is 140 Å². The molecule has 0 aliphatic carbocycles. The summed E-state index contributed by atoms with van der Waals surface area (Å²) in [7, 11) is 0. The van der Waals surface area contributed by atoms with Crippen LogP contribution in [-0.2, 0) is 0 Å². The molecule has 0 fully saturated rings. The monoisotopic (exact) mass is 530 g/mol. The van der Waals surface area contributed by atoms with E-state index in [-0.39, 0.29) is 0 Å². The first-order valence-corrected chi connectivity index (χ1v) is 14.6. The van der Waals surface area contributed by atoms with Crippen LogP contribution in [0, 0.1) is 0 Å². The van der Waals surface area contributed by atoms with E-state index >= 15 is 0 Å². The lowest BCUT2D eigenvalue weighted by atomic mass is 9.84. The molecule has 0 unspecified atom stereocenters. The molecule has 0 heteroatoms. The van der Waals surface area contributed by atoms with Crippen LogP contribution < -0.4 is 0 Å². The number of hydrogen-bond donors (Lipinski definition) is 0. The van der Waals surface area contributed by atoms with Gasteiger partial charge in [-0.25, -0.2) is 0 Å². The van der Waals surface area contributed by atoms with Crippen molar-refractivity contribution in [3.05, 3.63) is 158 Å². The minimum Gasteiger partial charge on any atom is -0.0616 e. The molecule has 194 valence electrons. The van der Waals surface area contributed by atoms with Gasteiger partial charge in [0, 0.05) is 0 Å². The summed E-state index contributed by atoms with van der Waals surface area (Å²) < 4.78 is 0. The van der Waals surface area contributed by atoms with Gasteiger partial charge in [-0.15, -0.1) is 0 Å². The first kappa shape index (κ1) is 23.3. The molecule has 0 radical (unpaired) electrons. The average Bonchev–Trinajstić information content (AvgIpc) is 3.06. The Morgan fingerprint density at radius 1 is 0.238 bits per heavy atom. The molecule has 0 spiro atoms. The lowest BCUT2D eigenvalue weighted by Crippen LogP contribution is -1.92. The molecule has 0 bridgehead atoms. The van der Waals surface area contributed by atoms with Gasteiger partial charge in [0.25, 0.3) is 0 Å². The number of hydrogen-bond acceptors (Lipinski definition) is 0. The largest absolute Gasteiger partial charge is 0.0616 e. The molecule has 42 heavy (non-hydrogen) atoms. The van der Waals surface area contributed by atoms with Gasteiger partial charge in [-0.3, -0.25) is 0 Å². The summed E-state index contributed by atoms with van der Waals surface area (Å²) >= 11 is 0. The van der Waals surface area contributed by atoms with E-state index in [2.05, 4.69) is 158 Å². The minimum atomic E-state index is 1.25. The van der Waals surface area contributed by atoms with Crippen LogP contribution in [0.4, 0.5) is 0 Å². The van der Waals surface area contributed by atoms with Crippen molar-refractivity contribution in [1.82, 2.24) is 0 Å². The second-order valence-corrected chi connectivity index (χ2v) is 11.3. The first-order chi connectivity index (χ1) is 20.8. The smallest absolute Gasteiger partial charge is 0.00201 e. The fraction of sp³-hybridized carbons (Fsp3) is 0. The number of benzene rings is 9. The summed E-state index contributed by atoms with van der Waals surface area (Å²) in [6, 6.07) is 58.2. The standard InChI is InChI=1S/C42H26/c1-2-12-29-24-32(23-20-27(29)10-1)41-34-15-5-7-17-36(34)42(37-18-8-6-16-35(37)41)38-19-9-13-30-25-31-22-21-28-11-3-4-14-33(28)39(31)26-40(30)38/h1-26H. The zero-order valence-corrected chi connectivity index (χ0v) is 23.0. The quantitative estimate of drug-likeness (QED) is 0.154. The Morgan fingerprint density at radius 3 is 1.50 bits per heavy atom. The Hall–Kier alpha value is -5.46. The second-order valence-electron chi connectivity index (χ2n) is 11.3. The van der Waals surface area contributed by atoms with Crippen LogP contribution in [0.25, 0.3) is 86.9 Å². The fourth-order valence-electron chi connectivity index (χ4n) is 7.07. The van der Waals surface area contributed by atoms with Gasteiger partial charge < -0.3 is 0 Å². The molecule has 9 aromatic carbocycles. The molecule has 0 atom stereocenters. The predicted octanol–water partition coefficient (Wildman–Crippen LogP) is 11.9. The van der Waals surface area contributed by atoms with Gasteiger partial charge >= 0.3 is 0 Å². The van der Waals surface area contributed by atoms with Gasteiger partial charge in [0.1, 0.15) is 0 Å². The van der Waals surface area contributed by atoms with E-state index in [0.717, 1.165) is 0 Å². The molecule has 0 saturated heterocycles. The van der Waals surface area contributed by atoms with Gasteiger partial charge in [0.2, 0.25) is 0 Å². The van der Waals surface area contributed by atoms with Gasteiger partial charge in [0.15, 0.2) is 0 Å². The summed E-state index contributed by atoms with van der Waals surface area (Å²) in [5.74, 6) is 0. The van der Waals surface area contributed by atoms with E-state index in [0.29, 0.717) is 0 Å². The zero-order chi connectivity index (χ0) is 27.6. The van der Waals surface area contributed by atoms with Crippen molar-refractivity contribution in [1.29, 1.82) is 0 Å². The Labute approximate surface area is 244 Å². The molecule has 0 heterocycles. The molecule has 0 aliphatic heterocycles. The average molecular weight is 531 g/mol. The molecule has 0 nitrogen and oxygen atoms in total. The Balaban J connectivity index is 1.42. The van der Waals surface area contributed by atoms with Crippen LogP contribution in [0.3, 0.4) is 0 Å². The summed E-state index contributed by atoms with van der Waals surface area (Å²) in [4.78, 5) is 0. The molecular weight excluding hydrogens is 504 g/mol. The lowest BCUT2D eigenvalue weighted by molar-refractivity contribution is 1.69. The molecule has 0 aliphatic rings. The highest BCUT2D eigenvalue weighted by Gasteiger charge is 2.18. The van der Waals surface area contributed by atoms with Gasteiger partial charge in [0.05, 0.1) is 0 Å². The zero-order valence-electron chi connectivity index (χ0n) is 23.0. The fourth-order valence-corrected chi connectivity index (χ4v) is 7.07. The topological polar surface area (TPSA) is 0 Å². The van der Waals surface area contributed by atoms with E-state index in [1.165, 1.54) is 86.9 Å². The van der Waals surface area contributed by atoms with Crippen molar-refractivity contribution in [3.8, 4) is 22.3 Å². The van der Waals surface area contributed by atoms with Crippen LogP contribution in [0.5, 0.6) is 0 Å². The van der Waals surface area contributed by atoms with Crippen molar-refractivity contribution in [2.24, 2.45) is 0 Å². The summed E-state index contributed by atoms with van der Waals surface area (Å²) in [5.41, 5.74) is 5.13. The van der Waals surface area contributed by atoms with Gasteiger partial charge in [-0.05, 0) is 105 Å². The highest BCUT2D eigenvalue weighted by molar-refractivity contribution is 6.25. The van der Waals surface area contributed by atoms with Crippen LogP contribution in [-0.4, -0.2) is 0 Å². The highest BCUT2D eigenvalue weighted by atomic mass is 14.2. The minimum absolute atomic E-state index is 1.25. The van der Waals surface area contributed by atoms with E-state index in [9.17, 15) is 0 Å². The van der Waals surface area contributed by atoms with Crippen LogP contribution in [0.2, 0.25) is 0 Å². The van der Waals surface area contributed by atoms with Crippen molar-refractivity contribution >= 4 is 64.6 Å². The molecular formula is C42H26. The molecule has 9 rings (SSSR count). The Kier molecular flexibility index (Phi) is 5.00. The summed E-state index contributed by atoms with van der Waals surface area (Å²) in [5, 5.41) is 15.4. The third-order valence-electron chi connectivity index (χ3n) is 8.98. The van der Waals surface area contributed by atoms with E-state index < -0.39 is 0 Å². The van der Waals surface area contributed by atoms with Crippen LogP contribution in [0.1, 0.15) is 0 Å². The summed E-state index contributed by atoms with van der Waals surface area (Å²) in [6.45, 7) is 0. The second kappa shape index (κ2) is 9.03. The van der Waals surface area contributed by atoms with E-state index in [1.54, 1.807) is 0 Å². The van der Waals surface area contributed by atoms with Crippen LogP contribution >= 0.6 is 0 Å². The maximum absolute atomic E-state index is 2.42. The summed E-state index contributed by atoms with van der Waals surface area (Å²) in [6.07, 6.45) is 0. The molecule has 0 aromatic heterocycles. The lowest BCUT2D eigenvalue weighted by Gasteiger charge is -2.19. The van der Waals surface area contributed by atoms with Gasteiger partial charge in [-0.2, -0.15) is 0 Å². The van der Waals surface area contributed by atoms with E-state index in [4.69, 9.17) is 0 Å². The molecule has 9 aromatic rings. The maximum atomic E-state index is 2.42. The van der Waals surface area contributed by atoms with Crippen molar-refractivity contribution in [2.75, 3.05) is 0 Å². The van der Waals surface area contributed by atoms with Crippen molar-refractivity contribution in [3.63, 3.8) is 0 Å². The maximum Gasteiger partial charge on any atom is -0.00201 e. The first-order valence-electron chi connectivity index (χ1n) is 14.6. The third-order valence-corrected chi connectivity index (χ3v) is 8.98. The SMILES string of the molecule is c1ccc2cc(-c3c4ccccc4c(-c4cccc5cc6ccc7ccccc7c6cc45)c4ccccc34)ccc2c1. The highest BCUT2D eigenvalue weighted by Crippen LogP contribution is 2.46. The normalized spacial score (nSPS) is 11.8. The predicted molar refractivity (Wildman–Crippen MR) is 182 cm³/mol. The van der Waals surface area contributed by atoms with E-state index in [1.807, 2.05) is 0 Å². The van der Waals surface area contributed by atoms with Crippen molar-refractivity contribution < 1.29 is 0 Å². The Morgan fingerprint density at radius 2 is 0.762 bits per heavy atom. The Bertz CT molecular complexity index is 2460. The van der Waals surface area contributed by atoms with Crippen LogP contribution in [0.15, 0.2) is 158 Å². The molecule has 0 N–H and O–H groups in total. The number of rotatable bonds is 2. The number of fused-ring (bicyclic) bond motifs is 7.